The number of halogens is 2. The first-order chi connectivity index (χ1) is 7.80. The van der Waals surface area contributed by atoms with E-state index in [9.17, 15) is 12.8 Å². The molecule has 1 rings (SSSR count). The Kier molecular flexibility index (Phi) is 4.48. The zero-order valence-electron chi connectivity index (χ0n) is 9.52. The molecule has 0 saturated heterocycles. The van der Waals surface area contributed by atoms with E-state index in [-0.39, 0.29) is 11.6 Å². The molecule has 2 N–H and O–H groups in total. The van der Waals surface area contributed by atoms with Crippen LogP contribution in [0, 0.1) is 5.82 Å². The number of nitrogens with zero attached hydrogens (tertiary/aromatic N) is 1. The molecule has 1 atom stereocenters. The molecule has 17 heavy (non-hydrogen) atoms. The number of hydrogen-bond donors (Lipinski definition) is 1. The molecule has 0 bridgehead atoms. The number of rotatable bonds is 4. The van der Waals surface area contributed by atoms with Crippen molar-refractivity contribution in [3.05, 3.63) is 29.0 Å². The second-order valence-corrected chi connectivity index (χ2v) is 6.08. The van der Waals surface area contributed by atoms with E-state index < -0.39 is 26.8 Å². The third-order valence-electron chi connectivity index (χ3n) is 2.51. The second kappa shape index (κ2) is 5.30. The summed E-state index contributed by atoms with van der Waals surface area (Å²) in [6.07, 6.45) is 0. The summed E-state index contributed by atoms with van der Waals surface area (Å²) in [6, 6.07) is 3.04. The molecule has 0 aromatic heterocycles. The molecule has 0 heterocycles. The first-order valence-electron chi connectivity index (χ1n) is 4.94. The van der Waals surface area contributed by atoms with Gasteiger partial charge in [0, 0.05) is 24.7 Å². The van der Waals surface area contributed by atoms with Crippen LogP contribution in [0.1, 0.15) is 6.92 Å². The van der Waals surface area contributed by atoms with Gasteiger partial charge in [-0.1, -0.05) is 11.6 Å². The molecule has 0 aliphatic heterocycles. The van der Waals surface area contributed by atoms with Crippen molar-refractivity contribution in [2.75, 3.05) is 13.6 Å². The fourth-order valence-electron chi connectivity index (χ4n) is 1.22. The molecule has 0 spiro atoms. The quantitative estimate of drug-likeness (QED) is 0.908. The van der Waals surface area contributed by atoms with E-state index >= 15 is 0 Å². The van der Waals surface area contributed by atoms with Crippen LogP contribution in [0.4, 0.5) is 4.39 Å². The van der Waals surface area contributed by atoms with Crippen LogP contribution in [0.2, 0.25) is 5.02 Å². The van der Waals surface area contributed by atoms with Crippen LogP contribution < -0.4 is 5.73 Å². The Bertz CT molecular complexity index is 507. The summed E-state index contributed by atoms with van der Waals surface area (Å²) >= 11 is 5.57. The molecule has 0 radical (unpaired) electrons. The van der Waals surface area contributed by atoms with Gasteiger partial charge in [0.1, 0.15) is 10.7 Å². The fourth-order valence-corrected chi connectivity index (χ4v) is 2.80. The number of benzene rings is 1. The Balaban J connectivity index is 3.22. The molecule has 0 fully saturated rings. The van der Waals surface area contributed by atoms with Gasteiger partial charge in [0.25, 0.3) is 0 Å². The molecule has 1 unspecified atom stereocenters. The molecule has 7 heteroatoms. The van der Waals surface area contributed by atoms with Crippen LogP contribution in [0.5, 0.6) is 0 Å². The molecule has 0 saturated carbocycles. The highest BCUT2D eigenvalue weighted by atomic mass is 35.5. The van der Waals surface area contributed by atoms with Crippen molar-refractivity contribution in [3.63, 3.8) is 0 Å². The zero-order valence-corrected chi connectivity index (χ0v) is 11.1. The maximum absolute atomic E-state index is 13.6. The molecule has 4 nitrogen and oxygen atoms in total. The van der Waals surface area contributed by atoms with Crippen molar-refractivity contribution in [3.8, 4) is 0 Å². The molecule has 0 amide bonds. The Morgan fingerprint density at radius 3 is 2.59 bits per heavy atom. The van der Waals surface area contributed by atoms with E-state index in [1.165, 1.54) is 13.1 Å². The summed E-state index contributed by atoms with van der Waals surface area (Å²) in [4.78, 5) is -0.398. The van der Waals surface area contributed by atoms with Crippen molar-refractivity contribution in [1.29, 1.82) is 0 Å². The fraction of sp³-hybridized carbons (Fsp3) is 0.400. The topological polar surface area (TPSA) is 63.4 Å². The van der Waals surface area contributed by atoms with Gasteiger partial charge < -0.3 is 5.73 Å². The summed E-state index contributed by atoms with van der Waals surface area (Å²) in [5.74, 6) is -0.867. The molecule has 1 aromatic carbocycles. The first kappa shape index (κ1) is 14.4. The Morgan fingerprint density at radius 1 is 1.53 bits per heavy atom. The minimum absolute atomic E-state index is 0.149. The number of nitrogens with two attached hydrogens (primary N) is 1. The van der Waals surface area contributed by atoms with Crippen molar-refractivity contribution in [2.45, 2.75) is 17.9 Å². The van der Waals surface area contributed by atoms with Gasteiger partial charge in [-0.2, -0.15) is 4.31 Å². The Morgan fingerprint density at radius 2 is 2.12 bits per heavy atom. The highest BCUT2D eigenvalue weighted by molar-refractivity contribution is 7.89. The van der Waals surface area contributed by atoms with E-state index in [1.807, 2.05) is 0 Å². The van der Waals surface area contributed by atoms with E-state index in [0.29, 0.717) is 0 Å². The van der Waals surface area contributed by atoms with Crippen molar-refractivity contribution < 1.29 is 12.8 Å². The average molecular weight is 281 g/mol. The van der Waals surface area contributed by atoms with Gasteiger partial charge in [0.2, 0.25) is 10.0 Å². The van der Waals surface area contributed by atoms with Gasteiger partial charge >= 0.3 is 0 Å². The van der Waals surface area contributed by atoms with E-state index in [0.717, 1.165) is 16.4 Å². The predicted octanol–water partition coefficient (Wildman–Crippen LogP) is 1.45. The summed E-state index contributed by atoms with van der Waals surface area (Å²) in [7, 11) is -2.52. The third kappa shape index (κ3) is 2.95. The zero-order chi connectivity index (χ0) is 13.2. The number of likely N-dealkylation sites (N-methyl/N-ethyl adjacent to an activating group) is 1. The maximum atomic E-state index is 13.6. The van der Waals surface area contributed by atoms with Crippen LogP contribution in [0.3, 0.4) is 0 Å². The monoisotopic (exact) mass is 280 g/mol. The van der Waals surface area contributed by atoms with Crippen LogP contribution >= 0.6 is 11.6 Å². The largest absolute Gasteiger partial charge is 0.329 e. The average Bonchev–Trinajstić information content (AvgIpc) is 2.26. The highest BCUT2D eigenvalue weighted by Gasteiger charge is 2.27. The summed E-state index contributed by atoms with van der Waals surface area (Å²) < 4.78 is 38.7. The highest BCUT2D eigenvalue weighted by Crippen LogP contribution is 2.22. The summed E-state index contributed by atoms with van der Waals surface area (Å²) in [5, 5.41) is 0.149. The molecule has 96 valence electrons. The number of sulfonamides is 1. The van der Waals surface area contributed by atoms with Crippen LogP contribution in [-0.4, -0.2) is 32.4 Å². The lowest BCUT2D eigenvalue weighted by Gasteiger charge is -2.23. The molecular weight excluding hydrogens is 267 g/mol. The summed E-state index contributed by atoms with van der Waals surface area (Å²) in [6.45, 7) is 1.80. The van der Waals surface area contributed by atoms with E-state index in [1.54, 1.807) is 6.92 Å². The minimum Gasteiger partial charge on any atom is -0.329 e. The Hall–Kier alpha value is -0.690. The van der Waals surface area contributed by atoms with Crippen molar-refractivity contribution >= 4 is 21.6 Å². The van der Waals surface area contributed by atoms with E-state index in [2.05, 4.69) is 0 Å². The van der Waals surface area contributed by atoms with Gasteiger partial charge in [0.05, 0.1) is 0 Å². The van der Waals surface area contributed by atoms with Crippen LogP contribution in [-0.2, 0) is 10.0 Å². The molecular formula is C10H14ClFN2O2S. The van der Waals surface area contributed by atoms with Gasteiger partial charge in [-0.05, 0) is 25.1 Å². The standard InChI is InChI=1S/C10H14ClFN2O2S/c1-7(6-13)14(2)17(15,16)10-4-3-8(11)5-9(10)12/h3-5,7H,6,13H2,1-2H3. The maximum Gasteiger partial charge on any atom is 0.246 e. The lowest BCUT2D eigenvalue weighted by Crippen LogP contribution is -2.39. The first-order valence-corrected chi connectivity index (χ1v) is 6.75. The van der Waals surface area contributed by atoms with Gasteiger partial charge in [-0.25, -0.2) is 12.8 Å². The summed E-state index contributed by atoms with van der Waals surface area (Å²) in [5.41, 5.74) is 5.39. The molecule has 0 aliphatic carbocycles. The smallest absolute Gasteiger partial charge is 0.246 e. The molecule has 1 aromatic rings. The SMILES string of the molecule is CC(CN)N(C)S(=O)(=O)c1ccc(Cl)cc1F. The lowest BCUT2D eigenvalue weighted by atomic mass is 10.3. The molecule has 0 aliphatic rings. The van der Waals surface area contributed by atoms with E-state index in [4.69, 9.17) is 17.3 Å². The third-order valence-corrected chi connectivity index (χ3v) is 4.75. The Labute approximate surface area is 105 Å². The lowest BCUT2D eigenvalue weighted by molar-refractivity contribution is 0.391. The minimum atomic E-state index is -3.88. The predicted molar refractivity (Wildman–Crippen MR) is 64.9 cm³/mol. The van der Waals surface area contributed by atoms with Gasteiger partial charge in [0.15, 0.2) is 0 Å². The van der Waals surface area contributed by atoms with Gasteiger partial charge in [-0.3, -0.25) is 0 Å². The van der Waals surface area contributed by atoms with Crippen molar-refractivity contribution in [2.24, 2.45) is 5.73 Å². The number of hydrogen-bond acceptors (Lipinski definition) is 3. The second-order valence-electron chi connectivity index (χ2n) is 3.68. The van der Waals surface area contributed by atoms with Crippen LogP contribution in [0.15, 0.2) is 23.1 Å². The van der Waals surface area contributed by atoms with Crippen molar-refractivity contribution in [1.82, 2.24) is 4.31 Å². The normalized spacial score (nSPS) is 14.0. The van der Waals surface area contributed by atoms with Gasteiger partial charge in [-0.15, -0.1) is 0 Å². The van der Waals surface area contributed by atoms with Crippen LogP contribution in [0.25, 0.3) is 0 Å².